The van der Waals surface area contributed by atoms with Crippen LogP contribution in [0.5, 0.6) is 0 Å². The topological polar surface area (TPSA) is 49.4 Å². The molecule has 18 heavy (non-hydrogen) atoms. The lowest BCUT2D eigenvalue weighted by molar-refractivity contribution is -0.117. The lowest BCUT2D eigenvalue weighted by Crippen LogP contribution is -2.24. The van der Waals surface area contributed by atoms with Gasteiger partial charge in [0.2, 0.25) is 11.8 Å². The second-order valence-electron chi connectivity index (χ2n) is 4.30. The Morgan fingerprint density at radius 3 is 2.61 bits per heavy atom. The molecule has 0 spiro atoms. The summed E-state index contributed by atoms with van der Waals surface area (Å²) in [6.07, 6.45) is 5.75. The van der Waals surface area contributed by atoms with Crippen molar-refractivity contribution in [2.75, 3.05) is 16.8 Å². The van der Waals surface area contributed by atoms with E-state index in [1.54, 1.807) is 17.0 Å². The predicted molar refractivity (Wildman–Crippen MR) is 70.0 cm³/mol. The molecule has 1 unspecified atom stereocenters. The molecular weight excluding hydrogens is 228 g/mol. The summed E-state index contributed by atoms with van der Waals surface area (Å²) in [6.45, 7) is 2.02. The van der Waals surface area contributed by atoms with Crippen molar-refractivity contribution < 1.29 is 9.59 Å². The van der Waals surface area contributed by atoms with Crippen molar-refractivity contribution >= 4 is 23.2 Å². The zero-order chi connectivity index (χ0) is 13.1. The van der Waals surface area contributed by atoms with Gasteiger partial charge in [-0.15, -0.1) is 12.3 Å². The summed E-state index contributed by atoms with van der Waals surface area (Å²) >= 11 is 0. The fraction of sp³-hybridized carbons (Fsp3) is 0.286. The zero-order valence-electron chi connectivity index (χ0n) is 10.1. The van der Waals surface area contributed by atoms with Gasteiger partial charge in [0.1, 0.15) is 0 Å². The molecule has 0 bridgehead atoms. The quantitative estimate of drug-likeness (QED) is 0.801. The number of benzene rings is 1. The molecule has 4 nitrogen and oxygen atoms in total. The molecule has 1 aromatic rings. The highest BCUT2D eigenvalue weighted by Crippen LogP contribution is 2.25. The minimum atomic E-state index is -0.118. The second kappa shape index (κ2) is 4.92. The number of carbonyl (C=O) groups excluding carboxylic acids is 2. The van der Waals surface area contributed by atoms with Gasteiger partial charge in [0.15, 0.2) is 0 Å². The average Bonchev–Trinajstić information content (AvgIpc) is 2.71. The van der Waals surface area contributed by atoms with E-state index in [0.29, 0.717) is 18.7 Å². The van der Waals surface area contributed by atoms with E-state index in [9.17, 15) is 9.59 Å². The minimum absolute atomic E-state index is 0.00692. The van der Waals surface area contributed by atoms with Gasteiger partial charge in [-0.25, -0.2) is 0 Å². The first-order valence-corrected chi connectivity index (χ1v) is 5.74. The molecule has 0 aromatic heterocycles. The normalized spacial score (nSPS) is 18.6. The molecule has 2 amide bonds. The molecule has 0 radical (unpaired) electrons. The Kier molecular flexibility index (Phi) is 3.33. The van der Waals surface area contributed by atoms with Crippen LogP contribution in [0.1, 0.15) is 13.3 Å². The second-order valence-corrected chi connectivity index (χ2v) is 4.30. The van der Waals surface area contributed by atoms with Gasteiger partial charge in [0.25, 0.3) is 0 Å². The maximum absolute atomic E-state index is 11.8. The van der Waals surface area contributed by atoms with Crippen molar-refractivity contribution in [3.05, 3.63) is 24.3 Å². The first-order valence-electron chi connectivity index (χ1n) is 5.74. The summed E-state index contributed by atoms with van der Waals surface area (Å²) in [5, 5.41) is 2.68. The molecule has 1 aliphatic rings. The molecule has 1 heterocycles. The van der Waals surface area contributed by atoms with E-state index in [0.717, 1.165) is 5.69 Å². The summed E-state index contributed by atoms with van der Waals surface area (Å²) in [5.74, 6) is 2.53. The molecule has 1 aliphatic heterocycles. The van der Waals surface area contributed by atoms with Crippen molar-refractivity contribution in [1.29, 1.82) is 0 Å². The maximum Gasteiger partial charge on any atom is 0.228 e. The minimum Gasteiger partial charge on any atom is -0.326 e. The van der Waals surface area contributed by atoms with Crippen molar-refractivity contribution in [3.63, 3.8) is 0 Å². The molecule has 1 aromatic carbocycles. The predicted octanol–water partition coefficient (Wildman–Crippen LogP) is 1.63. The van der Waals surface area contributed by atoms with Gasteiger partial charge >= 0.3 is 0 Å². The van der Waals surface area contributed by atoms with Crippen LogP contribution in [-0.2, 0) is 9.59 Å². The Hall–Kier alpha value is -2.28. The number of nitrogens with zero attached hydrogens (tertiary/aromatic N) is 1. The SMILES string of the molecule is C#CC1CC(=O)N(c2ccc(NC(C)=O)cc2)C1. The van der Waals surface area contributed by atoms with E-state index >= 15 is 0 Å². The number of rotatable bonds is 2. The molecule has 1 N–H and O–H groups in total. The average molecular weight is 242 g/mol. The standard InChI is InChI=1S/C14H14N2O2/c1-3-11-8-14(18)16(9-11)13-6-4-12(5-7-13)15-10(2)17/h1,4-7,11H,8-9H2,2H3,(H,15,17). The van der Waals surface area contributed by atoms with Gasteiger partial charge in [0.05, 0.1) is 0 Å². The number of hydrogen-bond donors (Lipinski definition) is 1. The van der Waals surface area contributed by atoms with Crippen LogP contribution >= 0.6 is 0 Å². The smallest absolute Gasteiger partial charge is 0.228 e. The highest BCUT2D eigenvalue weighted by molar-refractivity contribution is 5.96. The van der Waals surface area contributed by atoms with Gasteiger partial charge in [-0.1, -0.05) is 0 Å². The number of hydrogen-bond acceptors (Lipinski definition) is 2. The third kappa shape index (κ3) is 2.51. The van der Waals surface area contributed by atoms with Crippen molar-refractivity contribution in [2.24, 2.45) is 5.92 Å². The van der Waals surface area contributed by atoms with Crippen LogP contribution in [0.15, 0.2) is 24.3 Å². The molecule has 2 rings (SSSR count). The van der Waals surface area contributed by atoms with Crippen LogP contribution in [0, 0.1) is 18.3 Å². The third-order valence-corrected chi connectivity index (χ3v) is 2.86. The van der Waals surface area contributed by atoms with Crippen molar-refractivity contribution in [1.82, 2.24) is 0 Å². The summed E-state index contributed by atoms with van der Waals surface area (Å²) in [5.41, 5.74) is 1.53. The lowest BCUT2D eigenvalue weighted by Gasteiger charge is -2.16. The largest absolute Gasteiger partial charge is 0.326 e. The zero-order valence-corrected chi connectivity index (χ0v) is 10.1. The van der Waals surface area contributed by atoms with Crippen LogP contribution < -0.4 is 10.2 Å². The molecule has 92 valence electrons. The van der Waals surface area contributed by atoms with Crippen molar-refractivity contribution in [2.45, 2.75) is 13.3 Å². The Morgan fingerprint density at radius 2 is 2.11 bits per heavy atom. The number of amides is 2. The van der Waals surface area contributed by atoms with Gasteiger partial charge in [-0.2, -0.15) is 0 Å². The van der Waals surface area contributed by atoms with Crippen LogP contribution in [0.4, 0.5) is 11.4 Å². The Bertz CT molecular complexity index is 514. The van der Waals surface area contributed by atoms with E-state index < -0.39 is 0 Å². The fourth-order valence-electron chi connectivity index (χ4n) is 2.00. The molecule has 4 heteroatoms. The molecule has 1 atom stereocenters. The van der Waals surface area contributed by atoms with Crippen LogP contribution in [0.3, 0.4) is 0 Å². The number of carbonyl (C=O) groups is 2. The molecule has 0 aliphatic carbocycles. The third-order valence-electron chi connectivity index (χ3n) is 2.86. The molecule has 0 saturated carbocycles. The lowest BCUT2D eigenvalue weighted by atomic mass is 10.1. The van der Waals surface area contributed by atoms with E-state index in [4.69, 9.17) is 6.42 Å². The van der Waals surface area contributed by atoms with Crippen LogP contribution in [0.25, 0.3) is 0 Å². The van der Waals surface area contributed by atoms with Crippen molar-refractivity contribution in [3.8, 4) is 12.3 Å². The first kappa shape index (κ1) is 12.2. The maximum atomic E-state index is 11.8. The van der Waals surface area contributed by atoms with Gasteiger partial charge in [-0.05, 0) is 24.3 Å². The summed E-state index contributed by atoms with van der Waals surface area (Å²) in [7, 11) is 0. The highest BCUT2D eigenvalue weighted by atomic mass is 16.2. The van der Waals surface area contributed by atoms with E-state index in [-0.39, 0.29) is 17.7 Å². The molecular formula is C14H14N2O2. The summed E-state index contributed by atoms with van der Waals surface area (Å²) in [4.78, 5) is 24.3. The first-order chi connectivity index (χ1) is 8.60. The molecule has 1 fully saturated rings. The Morgan fingerprint density at radius 1 is 1.44 bits per heavy atom. The van der Waals surface area contributed by atoms with Crippen LogP contribution in [0.2, 0.25) is 0 Å². The van der Waals surface area contributed by atoms with Gasteiger partial charge in [-0.3, -0.25) is 9.59 Å². The van der Waals surface area contributed by atoms with Gasteiger partial charge < -0.3 is 10.2 Å². The number of terminal acetylenes is 1. The van der Waals surface area contributed by atoms with E-state index in [2.05, 4.69) is 11.2 Å². The Labute approximate surface area is 106 Å². The number of nitrogens with one attached hydrogen (secondary N) is 1. The van der Waals surface area contributed by atoms with Crippen LogP contribution in [-0.4, -0.2) is 18.4 Å². The highest BCUT2D eigenvalue weighted by Gasteiger charge is 2.29. The summed E-state index contributed by atoms with van der Waals surface area (Å²) in [6, 6.07) is 7.16. The van der Waals surface area contributed by atoms with Gasteiger partial charge in [0, 0.05) is 37.2 Å². The van der Waals surface area contributed by atoms with E-state index in [1.165, 1.54) is 6.92 Å². The molecule has 1 saturated heterocycles. The number of anilines is 2. The van der Waals surface area contributed by atoms with E-state index in [1.807, 2.05) is 12.1 Å². The monoisotopic (exact) mass is 242 g/mol. The summed E-state index contributed by atoms with van der Waals surface area (Å²) < 4.78 is 0. The Balaban J connectivity index is 2.13. The fourth-order valence-corrected chi connectivity index (χ4v) is 2.00.